The summed E-state index contributed by atoms with van der Waals surface area (Å²) in [5, 5.41) is 6.19. The lowest BCUT2D eigenvalue weighted by Gasteiger charge is -2.23. The van der Waals surface area contributed by atoms with Crippen molar-refractivity contribution in [2.75, 3.05) is 25.0 Å². The van der Waals surface area contributed by atoms with Crippen molar-refractivity contribution in [3.63, 3.8) is 0 Å². The van der Waals surface area contributed by atoms with Crippen molar-refractivity contribution in [2.24, 2.45) is 0 Å². The number of pyridine rings is 1. The van der Waals surface area contributed by atoms with Crippen molar-refractivity contribution in [1.82, 2.24) is 10.3 Å². The average Bonchev–Trinajstić information content (AvgIpc) is 2.90. The highest BCUT2D eigenvalue weighted by molar-refractivity contribution is 5.99. The quantitative estimate of drug-likeness (QED) is 0.836. The molecule has 1 unspecified atom stereocenters. The normalized spacial score (nSPS) is 21.7. The van der Waals surface area contributed by atoms with E-state index < -0.39 is 0 Å². The molecular formula is C15H23N3O2. The zero-order valence-corrected chi connectivity index (χ0v) is 12.2. The van der Waals surface area contributed by atoms with Crippen LogP contribution in [0.15, 0.2) is 18.5 Å². The fourth-order valence-corrected chi connectivity index (χ4v) is 2.33. The van der Waals surface area contributed by atoms with Gasteiger partial charge in [0.05, 0.1) is 23.0 Å². The summed E-state index contributed by atoms with van der Waals surface area (Å²) >= 11 is 0. The maximum atomic E-state index is 12.3. The van der Waals surface area contributed by atoms with Crippen LogP contribution in [-0.4, -0.2) is 36.2 Å². The van der Waals surface area contributed by atoms with Crippen LogP contribution < -0.4 is 10.6 Å². The summed E-state index contributed by atoms with van der Waals surface area (Å²) in [6.07, 6.45) is 6.38. The van der Waals surface area contributed by atoms with Gasteiger partial charge >= 0.3 is 0 Å². The molecule has 0 saturated carbocycles. The van der Waals surface area contributed by atoms with Crippen molar-refractivity contribution in [2.45, 2.75) is 38.7 Å². The summed E-state index contributed by atoms with van der Waals surface area (Å²) in [4.78, 5) is 16.4. The topological polar surface area (TPSA) is 63.2 Å². The molecule has 0 aliphatic carbocycles. The lowest BCUT2D eigenvalue weighted by Crippen LogP contribution is -2.40. The molecule has 2 heterocycles. The van der Waals surface area contributed by atoms with E-state index in [-0.39, 0.29) is 11.5 Å². The van der Waals surface area contributed by atoms with Crippen LogP contribution in [0.5, 0.6) is 0 Å². The fraction of sp³-hybridized carbons (Fsp3) is 0.600. The third-order valence-corrected chi connectivity index (χ3v) is 3.55. The smallest absolute Gasteiger partial charge is 0.253 e. The number of amides is 1. The first kappa shape index (κ1) is 14.8. The molecule has 1 aromatic heterocycles. The number of anilines is 1. The molecule has 1 aliphatic heterocycles. The Morgan fingerprint density at radius 2 is 2.40 bits per heavy atom. The van der Waals surface area contributed by atoms with Crippen LogP contribution >= 0.6 is 0 Å². The summed E-state index contributed by atoms with van der Waals surface area (Å²) in [6, 6.07) is 1.74. The van der Waals surface area contributed by atoms with Gasteiger partial charge in [-0.1, -0.05) is 6.92 Å². The average molecular weight is 277 g/mol. The first-order valence-electron chi connectivity index (χ1n) is 7.25. The Bertz CT molecular complexity index is 456. The molecular weight excluding hydrogens is 254 g/mol. The zero-order valence-electron chi connectivity index (χ0n) is 12.2. The summed E-state index contributed by atoms with van der Waals surface area (Å²) in [5.74, 6) is -0.0808. The Morgan fingerprint density at radius 3 is 3.10 bits per heavy atom. The molecule has 20 heavy (non-hydrogen) atoms. The highest BCUT2D eigenvalue weighted by Gasteiger charge is 2.30. The van der Waals surface area contributed by atoms with Crippen LogP contribution in [0.4, 0.5) is 5.69 Å². The number of carbonyl (C=O) groups excluding carboxylic acids is 1. The standard InChI is InChI=1S/C15H23N3O2/c1-3-7-17-13-10-16-8-5-12(13)14(19)18-11-15(2)6-4-9-20-15/h5,8,10,17H,3-4,6-7,9,11H2,1-2H3,(H,18,19). The highest BCUT2D eigenvalue weighted by atomic mass is 16.5. The maximum Gasteiger partial charge on any atom is 0.253 e. The van der Waals surface area contributed by atoms with Crippen LogP contribution in [0.1, 0.15) is 43.5 Å². The van der Waals surface area contributed by atoms with Crippen molar-refractivity contribution < 1.29 is 9.53 Å². The Balaban J connectivity index is 1.98. The zero-order chi connectivity index (χ0) is 14.4. The van der Waals surface area contributed by atoms with Gasteiger partial charge in [0.15, 0.2) is 0 Å². The van der Waals surface area contributed by atoms with Crippen LogP contribution in [0.25, 0.3) is 0 Å². The van der Waals surface area contributed by atoms with Gasteiger partial charge in [0.2, 0.25) is 0 Å². The number of aromatic nitrogens is 1. The molecule has 1 atom stereocenters. The monoisotopic (exact) mass is 277 g/mol. The van der Waals surface area contributed by atoms with Crippen molar-refractivity contribution >= 4 is 11.6 Å². The van der Waals surface area contributed by atoms with Gasteiger partial charge in [0, 0.05) is 25.9 Å². The molecule has 5 heteroatoms. The molecule has 1 aromatic rings. The van der Waals surface area contributed by atoms with Gasteiger partial charge < -0.3 is 15.4 Å². The second-order valence-corrected chi connectivity index (χ2v) is 5.43. The molecule has 5 nitrogen and oxygen atoms in total. The number of carbonyl (C=O) groups is 1. The lowest BCUT2D eigenvalue weighted by atomic mass is 10.0. The third-order valence-electron chi connectivity index (χ3n) is 3.55. The lowest BCUT2D eigenvalue weighted by molar-refractivity contribution is 0.0206. The summed E-state index contributed by atoms with van der Waals surface area (Å²) in [7, 11) is 0. The molecule has 1 aliphatic rings. The van der Waals surface area contributed by atoms with Crippen LogP contribution in [0.3, 0.4) is 0 Å². The molecule has 0 aromatic carbocycles. The minimum Gasteiger partial charge on any atom is -0.383 e. The number of nitrogens with one attached hydrogen (secondary N) is 2. The molecule has 2 N–H and O–H groups in total. The molecule has 0 radical (unpaired) electrons. The van der Waals surface area contributed by atoms with Crippen LogP contribution in [-0.2, 0) is 4.74 Å². The van der Waals surface area contributed by atoms with E-state index in [1.807, 2.05) is 6.92 Å². The van der Waals surface area contributed by atoms with Gasteiger partial charge in [-0.25, -0.2) is 0 Å². The summed E-state index contributed by atoms with van der Waals surface area (Å²) in [5.41, 5.74) is 1.19. The molecule has 1 saturated heterocycles. The number of nitrogens with zero attached hydrogens (tertiary/aromatic N) is 1. The predicted octanol–water partition coefficient (Wildman–Crippen LogP) is 2.20. The Kier molecular flexibility index (Phi) is 4.95. The minimum absolute atomic E-state index is 0.0808. The fourth-order valence-electron chi connectivity index (χ4n) is 2.33. The molecule has 0 spiro atoms. The van der Waals surface area contributed by atoms with Gasteiger partial charge in [-0.15, -0.1) is 0 Å². The Labute approximate surface area is 120 Å². The Morgan fingerprint density at radius 1 is 1.55 bits per heavy atom. The predicted molar refractivity (Wildman–Crippen MR) is 78.9 cm³/mol. The highest BCUT2D eigenvalue weighted by Crippen LogP contribution is 2.24. The number of hydrogen-bond acceptors (Lipinski definition) is 4. The van der Waals surface area contributed by atoms with Crippen molar-refractivity contribution in [1.29, 1.82) is 0 Å². The van der Waals surface area contributed by atoms with E-state index in [0.29, 0.717) is 12.1 Å². The number of hydrogen-bond donors (Lipinski definition) is 2. The van der Waals surface area contributed by atoms with E-state index in [2.05, 4.69) is 22.5 Å². The first-order chi connectivity index (χ1) is 9.64. The molecule has 2 rings (SSSR count). The van der Waals surface area contributed by atoms with Gasteiger partial charge in [-0.05, 0) is 32.3 Å². The maximum absolute atomic E-state index is 12.3. The van der Waals surface area contributed by atoms with E-state index in [1.165, 1.54) is 0 Å². The van der Waals surface area contributed by atoms with E-state index in [0.717, 1.165) is 38.1 Å². The molecule has 0 bridgehead atoms. The van der Waals surface area contributed by atoms with Crippen molar-refractivity contribution in [3.05, 3.63) is 24.0 Å². The van der Waals surface area contributed by atoms with Crippen LogP contribution in [0.2, 0.25) is 0 Å². The van der Waals surface area contributed by atoms with E-state index in [9.17, 15) is 4.79 Å². The van der Waals surface area contributed by atoms with E-state index >= 15 is 0 Å². The SMILES string of the molecule is CCCNc1cnccc1C(=O)NCC1(C)CCCO1. The first-order valence-corrected chi connectivity index (χ1v) is 7.25. The van der Waals surface area contributed by atoms with Crippen LogP contribution in [0, 0.1) is 0 Å². The molecule has 1 fully saturated rings. The number of rotatable bonds is 6. The van der Waals surface area contributed by atoms with Gasteiger partial charge in [-0.2, -0.15) is 0 Å². The molecule has 110 valence electrons. The minimum atomic E-state index is -0.223. The van der Waals surface area contributed by atoms with Gasteiger partial charge in [-0.3, -0.25) is 9.78 Å². The Hall–Kier alpha value is -1.62. The van der Waals surface area contributed by atoms with Gasteiger partial charge in [0.1, 0.15) is 0 Å². The van der Waals surface area contributed by atoms with E-state index in [1.54, 1.807) is 18.5 Å². The number of ether oxygens (including phenoxy) is 1. The summed E-state index contributed by atoms with van der Waals surface area (Å²) in [6.45, 7) is 6.28. The van der Waals surface area contributed by atoms with Gasteiger partial charge in [0.25, 0.3) is 5.91 Å². The third kappa shape index (κ3) is 3.70. The summed E-state index contributed by atoms with van der Waals surface area (Å²) < 4.78 is 5.68. The van der Waals surface area contributed by atoms with Crippen molar-refractivity contribution in [3.8, 4) is 0 Å². The van der Waals surface area contributed by atoms with E-state index in [4.69, 9.17) is 4.74 Å². The largest absolute Gasteiger partial charge is 0.383 e. The second-order valence-electron chi connectivity index (χ2n) is 5.43. The molecule has 1 amide bonds. The second kappa shape index (κ2) is 6.70.